The Balaban J connectivity index is 1.57. The highest BCUT2D eigenvalue weighted by Crippen LogP contribution is 2.34. The number of rotatable bonds is 6. The van der Waals surface area contributed by atoms with Crippen molar-refractivity contribution >= 4 is 28.6 Å². The molecule has 4 rings (SSSR count). The standard InChI is InChI=1S/C20H22N4O4S/c1-27-15-3-4-18(28-2)16(10-15)17-11-24-14(12-29-20(24)21-17)9-19(26)23-7-5-22(13-25)6-8-23/h3-4,10-13H,5-9H2,1-2H3. The highest BCUT2D eigenvalue weighted by atomic mass is 32.1. The van der Waals surface area contributed by atoms with Crippen molar-refractivity contribution in [2.24, 2.45) is 0 Å². The third-order valence-corrected chi connectivity index (χ3v) is 6.00. The summed E-state index contributed by atoms with van der Waals surface area (Å²) in [4.78, 5) is 32.6. The number of nitrogens with zero attached hydrogens (tertiary/aromatic N) is 4. The van der Waals surface area contributed by atoms with Gasteiger partial charge in [0.2, 0.25) is 12.3 Å². The quantitative estimate of drug-likeness (QED) is 0.576. The van der Waals surface area contributed by atoms with Crippen molar-refractivity contribution in [3.8, 4) is 22.8 Å². The molecule has 0 aliphatic carbocycles. The molecule has 0 radical (unpaired) electrons. The predicted molar refractivity (Wildman–Crippen MR) is 110 cm³/mol. The Labute approximate surface area is 172 Å². The summed E-state index contributed by atoms with van der Waals surface area (Å²) in [5, 5.41) is 1.97. The van der Waals surface area contributed by atoms with E-state index in [1.807, 2.05) is 39.1 Å². The van der Waals surface area contributed by atoms with E-state index in [-0.39, 0.29) is 5.91 Å². The SMILES string of the molecule is COc1ccc(OC)c(-c2cn3c(CC(=O)N4CCN(C=O)CC4)csc3n2)c1. The van der Waals surface area contributed by atoms with Crippen molar-refractivity contribution in [2.75, 3.05) is 40.4 Å². The summed E-state index contributed by atoms with van der Waals surface area (Å²) >= 11 is 1.50. The van der Waals surface area contributed by atoms with Gasteiger partial charge in [-0.15, -0.1) is 11.3 Å². The summed E-state index contributed by atoms with van der Waals surface area (Å²) in [7, 11) is 3.24. The van der Waals surface area contributed by atoms with Gasteiger partial charge in [-0.2, -0.15) is 0 Å². The van der Waals surface area contributed by atoms with E-state index in [2.05, 4.69) is 0 Å². The maximum absolute atomic E-state index is 12.7. The van der Waals surface area contributed by atoms with Gasteiger partial charge in [-0.1, -0.05) is 0 Å². The number of hydrogen-bond donors (Lipinski definition) is 0. The zero-order valence-corrected chi connectivity index (χ0v) is 17.1. The molecule has 1 aliphatic heterocycles. The van der Waals surface area contributed by atoms with E-state index >= 15 is 0 Å². The summed E-state index contributed by atoms with van der Waals surface area (Å²) in [6.07, 6.45) is 3.06. The van der Waals surface area contributed by atoms with Crippen molar-refractivity contribution in [1.82, 2.24) is 19.2 Å². The monoisotopic (exact) mass is 414 g/mol. The van der Waals surface area contributed by atoms with Gasteiger partial charge in [-0.25, -0.2) is 4.98 Å². The molecule has 1 aromatic carbocycles. The number of carbonyl (C=O) groups is 2. The first kappa shape index (κ1) is 19.3. The van der Waals surface area contributed by atoms with Gasteiger partial charge in [-0.3, -0.25) is 14.0 Å². The maximum Gasteiger partial charge on any atom is 0.228 e. The lowest BCUT2D eigenvalue weighted by Gasteiger charge is -2.32. The molecule has 3 heterocycles. The Morgan fingerprint density at radius 2 is 2.00 bits per heavy atom. The normalized spacial score (nSPS) is 14.3. The minimum Gasteiger partial charge on any atom is -0.497 e. The van der Waals surface area contributed by atoms with Crippen LogP contribution in [0.15, 0.2) is 29.8 Å². The van der Waals surface area contributed by atoms with Crippen LogP contribution in [0.3, 0.4) is 0 Å². The van der Waals surface area contributed by atoms with Gasteiger partial charge in [0.15, 0.2) is 4.96 Å². The van der Waals surface area contributed by atoms with E-state index in [0.29, 0.717) is 38.3 Å². The second-order valence-electron chi connectivity index (χ2n) is 6.77. The largest absolute Gasteiger partial charge is 0.497 e. The van der Waals surface area contributed by atoms with E-state index in [1.165, 1.54) is 11.3 Å². The zero-order valence-electron chi connectivity index (χ0n) is 16.3. The van der Waals surface area contributed by atoms with Crippen molar-refractivity contribution < 1.29 is 19.1 Å². The third kappa shape index (κ3) is 3.77. The van der Waals surface area contributed by atoms with Crippen LogP contribution in [0.2, 0.25) is 0 Å². The second-order valence-corrected chi connectivity index (χ2v) is 7.61. The van der Waals surface area contributed by atoms with Gasteiger partial charge in [-0.05, 0) is 18.2 Å². The fraction of sp³-hybridized carbons (Fsp3) is 0.350. The molecule has 2 aromatic heterocycles. The molecule has 2 amide bonds. The molecule has 3 aromatic rings. The smallest absolute Gasteiger partial charge is 0.228 e. The van der Waals surface area contributed by atoms with Crippen molar-refractivity contribution in [1.29, 1.82) is 0 Å². The number of benzene rings is 1. The number of amides is 2. The number of carbonyl (C=O) groups excluding carboxylic acids is 2. The van der Waals surface area contributed by atoms with Gasteiger partial charge in [0, 0.05) is 49.0 Å². The molecular weight excluding hydrogens is 392 g/mol. The van der Waals surface area contributed by atoms with E-state index in [9.17, 15) is 9.59 Å². The number of hydrogen-bond acceptors (Lipinski definition) is 6. The number of ether oxygens (including phenoxy) is 2. The highest BCUT2D eigenvalue weighted by molar-refractivity contribution is 7.15. The topological polar surface area (TPSA) is 76.4 Å². The average molecular weight is 414 g/mol. The summed E-state index contributed by atoms with van der Waals surface area (Å²) in [5.41, 5.74) is 2.50. The number of fused-ring (bicyclic) bond motifs is 1. The lowest BCUT2D eigenvalue weighted by atomic mass is 10.1. The first-order chi connectivity index (χ1) is 14.1. The Morgan fingerprint density at radius 3 is 2.69 bits per heavy atom. The average Bonchev–Trinajstić information content (AvgIpc) is 3.35. The van der Waals surface area contributed by atoms with Gasteiger partial charge >= 0.3 is 0 Å². The van der Waals surface area contributed by atoms with Crippen LogP contribution in [0, 0.1) is 0 Å². The molecule has 0 N–H and O–H groups in total. The van der Waals surface area contributed by atoms with E-state index in [0.717, 1.165) is 34.1 Å². The molecule has 0 unspecified atom stereocenters. The molecule has 152 valence electrons. The number of methoxy groups -OCH3 is 2. The van der Waals surface area contributed by atoms with Crippen LogP contribution in [-0.4, -0.2) is 71.9 Å². The molecule has 0 spiro atoms. The van der Waals surface area contributed by atoms with Gasteiger partial charge in [0.1, 0.15) is 11.5 Å². The van der Waals surface area contributed by atoms with Crippen LogP contribution in [0.4, 0.5) is 0 Å². The molecule has 9 heteroatoms. The predicted octanol–water partition coefficient (Wildman–Crippen LogP) is 1.92. The van der Waals surface area contributed by atoms with Crippen LogP contribution in [0.5, 0.6) is 11.5 Å². The van der Waals surface area contributed by atoms with E-state index in [4.69, 9.17) is 14.5 Å². The van der Waals surface area contributed by atoms with Crippen molar-refractivity contribution in [3.05, 3.63) is 35.5 Å². The Bertz CT molecular complexity index is 1040. The van der Waals surface area contributed by atoms with E-state index in [1.54, 1.807) is 19.1 Å². The second kappa shape index (κ2) is 8.12. The van der Waals surface area contributed by atoms with Gasteiger partial charge in [0.05, 0.1) is 26.3 Å². The van der Waals surface area contributed by atoms with Crippen LogP contribution >= 0.6 is 11.3 Å². The first-order valence-electron chi connectivity index (χ1n) is 9.28. The molecule has 29 heavy (non-hydrogen) atoms. The number of aromatic nitrogens is 2. The summed E-state index contributed by atoms with van der Waals surface area (Å²) in [6, 6.07) is 5.59. The van der Waals surface area contributed by atoms with Crippen LogP contribution < -0.4 is 9.47 Å². The Kier molecular flexibility index (Phi) is 5.39. The van der Waals surface area contributed by atoms with Crippen molar-refractivity contribution in [3.63, 3.8) is 0 Å². The minimum absolute atomic E-state index is 0.0597. The first-order valence-corrected chi connectivity index (χ1v) is 10.2. The fourth-order valence-corrected chi connectivity index (χ4v) is 4.32. The third-order valence-electron chi connectivity index (χ3n) is 5.11. The van der Waals surface area contributed by atoms with Crippen LogP contribution in [0.1, 0.15) is 5.69 Å². The summed E-state index contributed by atoms with van der Waals surface area (Å²) in [6.45, 7) is 2.31. The van der Waals surface area contributed by atoms with Gasteiger partial charge < -0.3 is 19.3 Å². The van der Waals surface area contributed by atoms with Crippen LogP contribution in [-0.2, 0) is 16.0 Å². The maximum atomic E-state index is 12.7. The summed E-state index contributed by atoms with van der Waals surface area (Å²) < 4.78 is 12.8. The molecule has 0 bridgehead atoms. The molecule has 0 saturated carbocycles. The zero-order chi connectivity index (χ0) is 20.4. The van der Waals surface area contributed by atoms with Crippen molar-refractivity contribution in [2.45, 2.75) is 6.42 Å². The summed E-state index contributed by atoms with van der Waals surface area (Å²) in [5.74, 6) is 1.49. The van der Waals surface area contributed by atoms with E-state index < -0.39 is 0 Å². The molecule has 1 saturated heterocycles. The fourth-order valence-electron chi connectivity index (χ4n) is 3.44. The Morgan fingerprint density at radius 1 is 1.21 bits per heavy atom. The highest BCUT2D eigenvalue weighted by Gasteiger charge is 2.22. The molecule has 8 nitrogen and oxygen atoms in total. The van der Waals surface area contributed by atoms with Crippen LogP contribution in [0.25, 0.3) is 16.2 Å². The number of thiazole rings is 1. The number of piperazine rings is 1. The lowest BCUT2D eigenvalue weighted by molar-refractivity contribution is -0.134. The molecule has 1 aliphatic rings. The minimum atomic E-state index is 0.0597. The molecule has 0 atom stereocenters. The van der Waals surface area contributed by atoms with Gasteiger partial charge in [0.25, 0.3) is 0 Å². The molecule has 1 fully saturated rings. The number of imidazole rings is 1. The Hall–Kier alpha value is -3.07. The molecular formula is C20H22N4O4S. The lowest BCUT2D eigenvalue weighted by Crippen LogP contribution is -2.48.